The minimum absolute atomic E-state index is 0.00463. The van der Waals surface area contributed by atoms with E-state index in [1.807, 2.05) is 20.8 Å². The fourth-order valence-corrected chi connectivity index (χ4v) is 0.400. The summed E-state index contributed by atoms with van der Waals surface area (Å²) in [5.74, 6) is 0.00463. The first-order valence-corrected chi connectivity index (χ1v) is 3.12. The molecule has 0 saturated carbocycles. The van der Waals surface area contributed by atoms with Gasteiger partial charge in [0, 0.05) is 12.5 Å². The maximum Gasteiger partial charge on any atom is 0.225 e. The molecule has 0 fully saturated rings. The van der Waals surface area contributed by atoms with E-state index < -0.39 is 0 Å². The quantitative estimate of drug-likeness (QED) is 0.597. The summed E-state index contributed by atoms with van der Waals surface area (Å²) in [4.78, 5) is 10.9. The van der Waals surface area contributed by atoms with Crippen LogP contribution in [0.3, 0.4) is 0 Å². The minimum atomic E-state index is -0.262. The van der Waals surface area contributed by atoms with E-state index in [-0.39, 0.29) is 11.3 Å². The maximum atomic E-state index is 10.9. The Morgan fingerprint density at radius 3 is 2.22 bits per heavy atom. The fourth-order valence-electron chi connectivity index (χ4n) is 0.400. The number of amides is 1. The van der Waals surface area contributed by atoms with Gasteiger partial charge >= 0.3 is 0 Å². The Morgan fingerprint density at radius 2 is 2.11 bits per heavy atom. The number of carbonyl (C=O) groups excluding carboxylic acids is 1. The van der Waals surface area contributed by atoms with Crippen molar-refractivity contribution in [2.75, 3.05) is 0 Å². The van der Waals surface area contributed by atoms with Crippen LogP contribution in [0.25, 0.3) is 0 Å². The molecule has 0 saturated heterocycles. The van der Waals surface area contributed by atoms with Crippen LogP contribution < -0.4 is 5.32 Å². The standard InChI is InChI=1S/C7H14NO/c1-5-7(2,3)6(9)8-4/h4-5H2,1-3H3,(H,8,9). The molecule has 0 aliphatic carbocycles. The van der Waals surface area contributed by atoms with Crippen molar-refractivity contribution in [2.45, 2.75) is 27.2 Å². The number of nitrogens with one attached hydrogen (secondary N) is 1. The zero-order valence-electron chi connectivity index (χ0n) is 6.32. The second-order valence-electron chi connectivity index (χ2n) is 2.74. The van der Waals surface area contributed by atoms with Crippen LogP contribution in [0.1, 0.15) is 27.2 Å². The SMILES string of the molecule is [CH2]NC(=O)C(C)(C)CC. The van der Waals surface area contributed by atoms with Crippen molar-refractivity contribution in [1.82, 2.24) is 5.32 Å². The number of carbonyl (C=O) groups is 1. The Hall–Kier alpha value is -0.530. The predicted molar refractivity (Wildman–Crippen MR) is 37.6 cm³/mol. The first-order chi connectivity index (χ1) is 4.04. The molecule has 0 aromatic heterocycles. The van der Waals surface area contributed by atoms with Gasteiger partial charge in [0.2, 0.25) is 5.91 Å². The molecule has 1 N–H and O–H groups in total. The average Bonchev–Trinajstić information content (AvgIpc) is 1.86. The molecule has 53 valence electrons. The number of rotatable bonds is 2. The smallest absolute Gasteiger partial charge is 0.225 e. The van der Waals surface area contributed by atoms with E-state index in [2.05, 4.69) is 12.4 Å². The highest BCUT2D eigenvalue weighted by Gasteiger charge is 2.23. The van der Waals surface area contributed by atoms with Gasteiger partial charge in [-0.05, 0) is 6.42 Å². The van der Waals surface area contributed by atoms with Crippen molar-refractivity contribution < 1.29 is 4.79 Å². The van der Waals surface area contributed by atoms with Gasteiger partial charge in [-0.3, -0.25) is 4.79 Å². The predicted octanol–water partition coefficient (Wildman–Crippen LogP) is 1.33. The van der Waals surface area contributed by atoms with Crippen LogP contribution in [-0.2, 0) is 4.79 Å². The van der Waals surface area contributed by atoms with Crippen molar-refractivity contribution in [3.05, 3.63) is 7.05 Å². The van der Waals surface area contributed by atoms with E-state index in [9.17, 15) is 4.79 Å². The highest BCUT2D eigenvalue weighted by atomic mass is 16.2. The molecule has 0 rings (SSSR count). The van der Waals surface area contributed by atoms with Crippen molar-refractivity contribution in [3.8, 4) is 0 Å². The summed E-state index contributed by atoms with van der Waals surface area (Å²) < 4.78 is 0. The highest BCUT2D eigenvalue weighted by Crippen LogP contribution is 2.18. The van der Waals surface area contributed by atoms with Gasteiger partial charge < -0.3 is 5.32 Å². The first kappa shape index (κ1) is 8.47. The zero-order chi connectivity index (χ0) is 7.49. The van der Waals surface area contributed by atoms with Crippen LogP contribution in [0.4, 0.5) is 0 Å². The molecule has 1 amide bonds. The Balaban J connectivity index is 3.97. The van der Waals surface area contributed by atoms with Gasteiger partial charge in [0.1, 0.15) is 0 Å². The zero-order valence-corrected chi connectivity index (χ0v) is 6.32. The van der Waals surface area contributed by atoms with Crippen LogP contribution in [0.2, 0.25) is 0 Å². The lowest BCUT2D eigenvalue weighted by Crippen LogP contribution is -2.32. The molecule has 0 unspecified atom stereocenters. The van der Waals surface area contributed by atoms with Crippen LogP contribution >= 0.6 is 0 Å². The summed E-state index contributed by atoms with van der Waals surface area (Å²) in [6.07, 6.45) is 0.842. The third-order valence-electron chi connectivity index (χ3n) is 1.66. The van der Waals surface area contributed by atoms with Crippen LogP contribution in [-0.4, -0.2) is 5.91 Å². The minimum Gasteiger partial charge on any atom is -0.354 e. The maximum absolute atomic E-state index is 10.9. The molecule has 2 heteroatoms. The van der Waals surface area contributed by atoms with Gasteiger partial charge in [0.15, 0.2) is 0 Å². The van der Waals surface area contributed by atoms with Gasteiger partial charge in [-0.15, -0.1) is 0 Å². The van der Waals surface area contributed by atoms with Crippen molar-refractivity contribution in [2.24, 2.45) is 5.41 Å². The van der Waals surface area contributed by atoms with E-state index >= 15 is 0 Å². The molecule has 2 nitrogen and oxygen atoms in total. The topological polar surface area (TPSA) is 29.1 Å². The molecule has 0 aromatic rings. The molecule has 0 spiro atoms. The van der Waals surface area contributed by atoms with Gasteiger partial charge in [-0.1, -0.05) is 20.8 Å². The van der Waals surface area contributed by atoms with Crippen molar-refractivity contribution >= 4 is 5.91 Å². The number of hydrogen-bond acceptors (Lipinski definition) is 1. The Kier molecular flexibility index (Phi) is 2.68. The summed E-state index contributed by atoms with van der Waals surface area (Å²) in [6.45, 7) is 5.77. The first-order valence-electron chi connectivity index (χ1n) is 3.12. The Morgan fingerprint density at radius 1 is 1.67 bits per heavy atom. The lowest BCUT2D eigenvalue weighted by molar-refractivity contribution is -0.128. The Bertz CT molecular complexity index is 107. The van der Waals surface area contributed by atoms with Gasteiger partial charge in [0.05, 0.1) is 0 Å². The summed E-state index contributed by atoms with van der Waals surface area (Å²) in [6, 6.07) is 0. The summed E-state index contributed by atoms with van der Waals surface area (Å²) in [7, 11) is 3.30. The molecule has 9 heavy (non-hydrogen) atoms. The van der Waals surface area contributed by atoms with Crippen LogP contribution in [0.15, 0.2) is 0 Å². The largest absolute Gasteiger partial charge is 0.354 e. The molecule has 0 aromatic carbocycles. The second kappa shape index (κ2) is 2.85. The fraction of sp³-hybridized carbons (Fsp3) is 0.714. The molecule has 0 bridgehead atoms. The van der Waals surface area contributed by atoms with E-state index in [0.717, 1.165) is 6.42 Å². The summed E-state index contributed by atoms with van der Waals surface area (Å²) in [5, 5.41) is 2.37. The van der Waals surface area contributed by atoms with E-state index in [0.29, 0.717) is 0 Å². The lowest BCUT2D eigenvalue weighted by Gasteiger charge is -2.19. The molecule has 0 aliphatic rings. The van der Waals surface area contributed by atoms with Crippen LogP contribution in [0, 0.1) is 12.5 Å². The van der Waals surface area contributed by atoms with E-state index in [1.165, 1.54) is 0 Å². The molecule has 0 heterocycles. The highest BCUT2D eigenvalue weighted by molar-refractivity contribution is 5.81. The third-order valence-corrected chi connectivity index (χ3v) is 1.66. The number of hydrogen-bond donors (Lipinski definition) is 1. The third kappa shape index (κ3) is 2.04. The van der Waals surface area contributed by atoms with Gasteiger partial charge in [0.25, 0.3) is 0 Å². The van der Waals surface area contributed by atoms with Crippen molar-refractivity contribution in [3.63, 3.8) is 0 Å². The Labute approximate surface area is 56.6 Å². The monoisotopic (exact) mass is 128 g/mol. The lowest BCUT2D eigenvalue weighted by atomic mass is 9.89. The summed E-state index contributed by atoms with van der Waals surface area (Å²) in [5.41, 5.74) is -0.262. The van der Waals surface area contributed by atoms with E-state index in [4.69, 9.17) is 0 Å². The van der Waals surface area contributed by atoms with Gasteiger partial charge in [-0.2, -0.15) is 0 Å². The van der Waals surface area contributed by atoms with Crippen LogP contribution in [0.5, 0.6) is 0 Å². The average molecular weight is 128 g/mol. The summed E-state index contributed by atoms with van der Waals surface area (Å²) >= 11 is 0. The molecule has 0 atom stereocenters. The molecule has 0 aliphatic heterocycles. The molecule has 1 radical (unpaired) electrons. The van der Waals surface area contributed by atoms with Crippen molar-refractivity contribution in [1.29, 1.82) is 0 Å². The normalized spacial score (nSPS) is 11.1. The molecular weight excluding hydrogens is 114 g/mol. The second-order valence-corrected chi connectivity index (χ2v) is 2.74. The van der Waals surface area contributed by atoms with E-state index in [1.54, 1.807) is 0 Å². The molecular formula is C7H14NO. The van der Waals surface area contributed by atoms with Gasteiger partial charge in [-0.25, -0.2) is 0 Å².